The Morgan fingerprint density at radius 3 is 3.15 bits per heavy atom. The van der Waals surface area contributed by atoms with Crippen LogP contribution in [0.4, 0.5) is 5.69 Å². The fourth-order valence-electron chi connectivity index (χ4n) is 2.77. The van der Waals surface area contributed by atoms with Gasteiger partial charge in [-0.05, 0) is 30.4 Å². The Morgan fingerprint density at radius 2 is 2.35 bits per heavy atom. The van der Waals surface area contributed by atoms with E-state index in [2.05, 4.69) is 52.2 Å². The number of para-hydroxylation sites is 1. The van der Waals surface area contributed by atoms with Gasteiger partial charge < -0.3 is 10.6 Å². The highest BCUT2D eigenvalue weighted by molar-refractivity contribution is 7.09. The molecule has 3 nitrogen and oxygen atoms in total. The van der Waals surface area contributed by atoms with E-state index in [-0.39, 0.29) is 0 Å². The minimum atomic E-state index is 0.396. The normalized spacial score (nSPS) is 19.1. The second kappa shape index (κ2) is 6.37. The molecule has 2 N–H and O–H groups in total. The van der Waals surface area contributed by atoms with E-state index in [1.165, 1.54) is 16.3 Å². The molecule has 3 rings (SSSR count). The van der Waals surface area contributed by atoms with E-state index in [1.807, 2.05) is 6.20 Å². The first-order valence-corrected chi connectivity index (χ1v) is 8.19. The summed E-state index contributed by atoms with van der Waals surface area (Å²) in [5.74, 6) is 0.652. The highest BCUT2D eigenvalue weighted by atomic mass is 32.1. The molecule has 106 valence electrons. The molecule has 1 aromatic heterocycles. The number of thiazole rings is 1. The average molecular weight is 287 g/mol. The van der Waals surface area contributed by atoms with E-state index in [0.29, 0.717) is 12.0 Å². The molecule has 2 unspecified atom stereocenters. The van der Waals surface area contributed by atoms with E-state index in [9.17, 15) is 0 Å². The van der Waals surface area contributed by atoms with Gasteiger partial charge in [0.25, 0.3) is 0 Å². The number of benzene rings is 1. The maximum Gasteiger partial charge on any atom is 0.109 e. The Labute approximate surface area is 124 Å². The lowest BCUT2D eigenvalue weighted by Crippen LogP contribution is -2.34. The van der Waals surface area contributed by atoms with Crippen LogP contribution in [0.2, 0.25) is 0 Å². The first-order valence-electron chi connectivity index (χ1n) is 7.31. The first kappa shape index (κ1) is 13.6. The van der Waals surface area contributed by atoms with E-state index in [4.69, 9.17) is 0 Å². The summed E-state index contributed by atoms with van der Waals surface area (Å²) in [6, 6.07) is 9.02. The van der Waals surface area contributed by atoms with Gasteiger partial charge in [0.1, 0.15) is 5.01 Å². The molecule has 1 aliphatic rings. The third kappa shape index (κ3) is 3.02. The lowest BCUT2D eigenvalue weighted by atomic mass is 9.94. The van der Waals surface area contributed by atoms with Crippen molar-refractivity contribution in [1.82, 2.24) is 10.3 Å². The topological polar surface area (TPSA) is 37.0 Å². The van der Waals surface area contributed by atoms with Crippen LogP contribution in [0, 0.1) is 5.92 Å². The van der Waals surface area contributed by atoms with Crippen molar-refractivity contribution in [1.29, 1.82) is 0 Å². The van der Waals surface area contributed by atoms with E-state index in [0.717, 1.165) is 25.9 Å². The van der Waals surface area contributed by atoms with Crippen LogP contribution in [0.1, 0.15) is 30.0 Å². The third-order valence-electron chi connectivity index (χ3n) is 3.92. The second-order valence-electron chi connectivity index (χ2n) is 5.35. The molecule has 0 saturated heterocycles. The van der Waals surface area contributed by atoms with Gasteiger partial charge in [-0.15, -0.1) is 11.3 Å². The Hall–Kier alpha value is -1.39. The molecule has 2 atom stereocenters. The molecule has 0 radical (unpaired) electrons. The van der Waals surface area contributed by atoms with Crippen molar-refractivity contribution in [3.8, 4) is 0 Å². The summed E-state index contributed by atoms with van der Waals surface area (Å²) in [4.78, 5) is 4.43. The van der Waals surface area contributed by atoms with Gasteiger partial charge >= 0.3 is 0 Å². The molecule has 0 spiro atoms. The van der Waals surface area contributed by atoms with Gasteiger partial charge in [0, 0.05) is 30.4 Å². The zero-order valence-electron chi connectivity index (χ0n) is 11.8. The van der Waals surface area contributed by atoms with Gasteiger partial charge in [0.15, 0.2) is 0 Å². The standard InChI is InChI=1S/C16H21N3S/c1-2-14(16-17-7-8-20-16)18-10-12-9-13-5-3-4-6-15(13)19-11-12/h3-8,12,14,18-19H,2,9-11H2,1H3. The van der Waals surface area contributed by atoms with Crippen molar-refractivity contribution in [2.75, 3.05) is 18.4 Å². The molecule has 0 aliphatic carbocycles. The Balaban J connectivity index is 1.57. The average Bonchev–Trinajstić information content (AvgIpc) is 3.02. The van der Waals surface area contributed by atoms with Crippen molar-refractivity contribution < 1.29 is 0 Å². The van der Waals surface area contributed by atoms with E-state index < -0.39 is 0 Å². The molecule has 2 heterocycles. The molecule has 0 amide bonds. The van der Waals surface area contributed by atoms with Crippen LogP contribution in [0.5, 0.6) is 0 Å². The van der Waals surface area contributed by atoms with E-state index >= 15 is 0 Å². The van der Waals surface area contributed by atoms with Gasteiger partial charge in [0.05, 0.1) is 6.04 Å². The lowest BCUT2D eigenvalue weighted by molar-refractivity contribution is 0.428. The summed E-state index contributed by atoms with van der Waals surface area (Å²) >= 11 is 1.74. The van der Waals surface area contributed by atoms with Crippen LogP contribution < -0.4 is 10.6 Å². The number of aromatic nitrogens is 1. The zero-order valence-corrected chi connectivity index (χ0v) is 12.6. The maximum atomic E-state index is 4.43. The first-order chi connectivity index (χ1) is 9.86. The summed E-state index contributed by atoms with van der Waals surface area (Å²) in [7, 11) is 0. The van der Waals surface area contributed by atoms with Crippen LogP contribution in [-0.2, 0) is 6.42 Å². The third-order valence-corrected chi connectivity index (χ3v) is 4.81. The van der Waals surface area contributed by atoms with Crippen molar-refractivity contribution in [2.45, 2.75) is 25.8 Å². The summed E-state index contributed by atoms with van der Waals surface area (Å²) in [5.41, 5.74) is 2.74. The fourth-order valence-corrected chi connectivity index (χ4v) is 3.57. The number of nitrogens with zero attached hydrogens (tertiary/aromatic N) is 1. The van der Waals surface area contributed by atoms with Gasteiger partial charge in [0.2, 0.25) is 0 Å². The molecular formula is C16H21N3S. The van der Waals surface area contributed by atoms with E-state index in [1.54, 1.807) is 11.3 Å². The Bertz CT molecular complexity index is 538. The van der Waals surface area contributed by atoms with Gasteiger partial charge in [-0.1, -0.05) is 25.1 Å². The van der Waals surface area contributed by atoms with Crippen LogP contribution in [0.15, 0.2) is 35.8 Å². The number of fused-ring (bicyclic) bond motifs is 1. The predicted octanol–water partition coefficient (Wildman–Crippen LogP) is 3.47. The number of anilines is 1. The van der Waals surface area contributed by atoms with Crippen molar-refractivity contribution in [2.24, 2.45) is 5.92 Å². The minimum absolute atomic E-state index is 0.396. The largest absolute Gasteiger partial charge is 0.384 e. The monoisotopic (exact) mass is 287 g/mol. The van der Waals surface area contributed by atoms with Gasteiger partial charge in [-0.25, -0.2) is 4.98 Å². The quantitative estimate of drug-likeness (QED) is 0.884. The van der Waals surface area contributed by atoms with Crippen LogP contribution >= 0.6 is 11.3 Å². The Morgan fingerprint density at radius 1 is 1.45 bits per heavy atom. The minimum Gasteiger partial charge on any atom is -0.384 e. The number of nitrogens with one attached hydrogen (secondary N) is 2. The smallest absolute Gasteiger partial charge is 0.109 e. The molecule has 4 heteroatoms. The predicted molar refractivity (Wildman–Crippen MR) is 85.3 cm³/mol. The van der Waals surface area contributed by atoms with Crippen molar-refractivity contribution in [3.05, 3.63) is 46.4 Å². The molecule has 1 aliphatic heterocycles. The summed E-state index contributed by atoms with van der Waals surface area (Å²) in [6.07, 6.45) is 4.14. The number of hydrogen-bond donors (Lipinski definition) is 2. The molecule has 0 fully saturated rings. The van der Waals surface area contributed by atoms with Crippen molar-refractivity contribution in [3.63, 3.8) is 0 Å². The molecule has 1 aromatic carbocycles. The molecule has 0 bridgehead atoms. The highest BCUT2D eigenvalue weighted by Crippen LogP contribution is 2.25. The SMILES string of the molecule is CCC(NCC1CNc2ccccc2C1)c1nccs1. The number of rotatable bonds is 5. The van der Waals surface area contributed by atoms with Crippen molar-refractivity contribution >= 4 is 17.0 Å². The van der Waals surface area contributed by atoms with Crippen LogP contribution in [0.25, 0.3) is 0 Å². The Kier molecular flexibility index (Phi) is 4.33. The molecule has 0 saturated carbocycles. The van der Waals surface area contributed by atoms with Crippen LogP contribution in [0.3, 0.4) is 0 Å². The zero-order chi connectivity index (χ0) is 13.8. The molecule has 20 heavy (non-hydrogen) atoms. The summed E-state index contributed by atoms with van der Waals surface area (Å²) in [6.45, 7) is 4.31. The summed E-state index contributed by atoms with van der Waals surface area (Å²) in [5, 5.41) is 10.5. The maximum absolute atomic E-state index is 4.43. The molecule has 2 aromatic rings. The van der Waals surface area contributed by atoms with Crippen LogP contribution in [-0.4, -0.2) is 18.1 Å². The molecular weight excluding hydrogens is 266 g/mol. The lowest BCUT2D eigenvalue weighted by Gasteiger charge is -2.27. The van der Waals surface area contributed by atoms with Gasteiger partial charge in [-0.2, -0.15) is 0 Å². The number of hydrogen-bond acceptors (Lipinski definition) is 4. The van der Waals surface area contributed by atoms with Gasteiger partial charge in [-0.3, -0.25) is 0 Å². The highest BCUT2D eigenvalue weighted by Gasteiger charge is 2.19. The fraction of sp³-hybridized carbons (Fsp3) is 0.438. The summed E-state index contributed by atoms with van der Waals surface area (Å²) < 4.78 is 0. The second-order valence-corrected chi connectivity index (χ2v) is 6.27.